The molecule has 0 radical (unpaired) electrons. The van der Waals surface area contributed by atoms with Gasteiger partial charge in [0.2, 0.25) is 0 Å². The molecule has 3 aromatic rings. The van der Waals surface area contributed by atoms with Crippen LogP contribution in [0.2, 0.25) is 0 Å². The Morgan fingerprint density at radius 2 is 2.00 bits per heavy atom. The van der Waals surface area contributed by atoms with Gasteiger partial charge in [-0.2, -0.15) is 0 Å². The van der Waals surface area contributed by atoms with E-state index in [0.717, 1.165) is 28.0 Å². The first-order valence-corrected chi connectivity index (χ1v) is 6.18. The molecule has 2 heterocycles. The van der Waals surface area contributed by atoms with E-state index in [4.69, 9.17) is 5.11 Å². The lowest BCUT2D eigenvalue weighted by Crippen LogP contribution is -1.96. The SMILES string of the molecule is CNc1cc(-c2ccc(C(=O)O)cc2)c2cc[nH]c2n1. The number of pyridine rings is 1. The van der Waals surface area contributed by atoms with Crippen molar-refractivity contribution in [3.8, 4) is 11.1 Å². The van der Waals surface area contributed by atoms with Crippen molar-refractivity contribution < 1.29 is 9.90 Å². The number of rotatable bonds is 3. The quantitative estimate of drug-likeness (QED) is 0.681. The molecule has 5 nitrogen and oxygen atoms in total. The van der Waals surface area contributed by atoms with Crippen molar-refractivity contribution >= 4 is 22.8 Å². The summed E-state index contributed by atoms with van der Waals surface area (Å²) in [5.74, 6) is -0.161. The summed E-state index contributed by atoms with van der Waals surface area (Å²) in [6.07, 6.45) is 1.84. The average molecular weight is 267 g/mol. The van der Waals surface area contributed by atoms with Crippen LogP contribution >= 0.6 is 0 Å². The molecule has 0 saturated heterocycles. The molecule has 1 aromatic carbocycles. The van der Waals surface area contributed by atoms with Gasteiger partial charge in [-0.3, -0.25) is 0 Å². The molecule has 3 rings (SSSR count). The molecule has 0 fully saturated rings. The van der Waals surface area contributed by atoms with Crippen LogP contribution in [-0.2, 0) is 0 Å². The largest absolute Gasteiger partial charge is 0.478 e. The number of fused-ring (bicyclic) bond motifs is 1. The fraction of sp³-hybridized carbons (Fsp3) is 0.0667. The smallest absolute Gasteiger partial charge is 0.335 e. The summed E-state index contributed by atoms with van der Waals surface area (Å²) in [5.41, 5.74) is 3.05. The lowest BCUT2D eigenvalue weighted by Gasteiger charge is -2.07. The highest BCUT2D eigenvalue weighted by Gasteiger charge is 2.09. The monoisotopic (exact) mass is 267 g/mol. The standard InChI is InChI=1S/C15H13N3O2/c1-16-13-8-12(11-6-7-17-14(11)18-13)9-2-4-10(5-3-9)15(19)20/h2-8H,1H3,(H,19,20)(H2,16,17,18). The van der Waals surface area contributed by atoms with E-state index in [-0.39, 0.29) is 5.56 Å². The van der Waals surface area contributed by atoms with Crippen molar-refractivity contribution in [1.29, 1.82) is 0 Å². The maximum Gasteiger partial charge on any atom is 0.335 e. The Bertz CT molecular complexity index is 775. The summed E-state index contributed by atoms with van der Waals surface area (Å²) < 4.78 is 0. The van der Waals surface area contributed by atoms with E-state index in [2.05, 4.69) is 15.3 Å². The second-order valence-corrected chi connectivity index (χ2v) is 4.43. The number of aromatic amines is 1. The zero-order valence-corrected chi connectivity index (χ0v) is 10.8. The number of H-pyrrole nitrogens is 1. The first-order chi connectivity index (χ1) is 9.69. The highest BCUT2D eigenvalue weighted by Crippen LogP contribution is 2.29. The van der Waals surface area contributed by atoms with Crippen molar-refractivity contribution in [2.45, 2.75) is 0 Å². The number of aromatic nitrogens is 2. The number of anilines is 1. The predicted molar refractivity (Wildman–Crippen MR) is 78.0 cm³/mol. The fourth-order valence-corrected chi connectivity index (χ4v) is 2.20. The van der Waals surface area contributed by atoms with Crippen LogP contribution in [0, 0.1) is 0 Å². The minimum absolute atomic E-state index is 0.280. The highest BCUT2D eigenvalue weighted by molar-refractivity contribution is 5.95. The molecule has 0 aliphatic carbocycles. The average Bonchev–Trinajstić information content (AvgIpc) is 2.94. The van der Waals surface area contributed by atoms with Crippen molar-refractivity contribution in [3.05, 3.63) is 48.2 Å². The third-order valence-corrected chi connectivity index (χ3v) is 3.23. The van der Waals surface area contributed by atoms with E-state index in [0.29, 0.717) is 0 Å². The Balaban J connectivity index is 2.17. The molecule has 0 saturated carbocycles. The number of benzene rings is 1. The second kappa shape index (κ2) is 4.70. The van der Waals surface area contributed by atoms with Crippen LogP contribution in [-0.4, -0.2) is 28.1 Å². The van der Waals surface area contributed by atoms with E-state index >= 15 is 0 Å². The molecule has 0 atom stereocenters. The molecule has 100 valence electrons. The first kappa shape index (κ1) is 12.2. The molecule has 0 amide bonds. The summed E-state index contributed by atoms with van der Waals surface area (Å²) in [4.78, 5) is 18.4. The topological polar surface area (TPSA) is 78.0 Å². The molecule has 0 aliphatic rings. The van der Waals surface area contributed by atoms with E-state index in [9.17, 15) is 4.79 Å². The Hall–Kier alpha value is -2.82. The number of nitrogens with one attached hydrogen (secondary N) is 2. The number of carbonyl (C=O) groups is 1. The van der Waals surface area contributed by atoms with Gasteiger partial charge < -0.3 is 15.4 Å². The van der Waals surface area contributed by atoms with Gasteiger partial charge in [0, 0.05) is 18.6 Å². The zero-order chi connectivity index (χ0) is 14.1. The Kier molecular flexibility index (Phi) is 2.87. The first-order valence-electron chi connectivity index (χ1n) is 6.18. The van der Waals surface area contributed by atoms with Gasteiger partial charge in [-0.1, -0.05) is 12.1 Å². The Labute approximate surface area is 115 Å². The molecule has 0 spiro atoms. The molecular formula is C15H13N3O2. The van der Waals surface area contributed by atoms with Gasteiger partial charge >= 0.3 is 5.97 Å². The Morgan fingerprint density at radius 1 is 1.25 bits per heavy atom. The van der Waals surface area contributed by atoms with E-state index in [1.165, 1.54) is 0 Å². The van der Waals surface area contributed by atoms with E-state index in [1.807, 2.05) is 37.5 Å². The summed E-state index contributed by atoms with van der Waals surface area (Å²) in [6.45, 7) is 0. The molecule has 0 bridgehead atoms. The van der Waals surface area contributed by atoms with Crippen molar-refractivity contribution in [3.63, 3.8) is 0 Å². The van der Waals surface area contributed by atoms with Crippen LogP contribution in [0.25, 0.3) is 22.2 Å². The third kappa shape index (κ3) is 1.99. The van der Waals surface area contributed by atoms with E-state index < -0.39 is 5.97 Å². The summed E-state index contributed by atoms with van der Waals surface area (Å²) in [5, 5.41) is 13.0. The van der Waals surface area contributed by atoms with Crippen LogP contribution in [0.1, 0.15) is 10.4 Å². The predicted octanol–water partition coefficient (Wildman–Crippen LogP) is 2.97. The van der Waals surface area contributed by atoms with Crippen LogP contribution in [0.15, 0.2) is 42.6 Å². The van der Waals surface area contributed by atoms with Crippen molar-refractivity contribution in [1.82, 2.24) is 9.97 Å². The molecule has 3 N–H and O–H groups in total. The summed E-state index contributed by atoms with van der Waals surface area (Å²) in [6, 6.07) is 10.7. The van der Waals surface area contributed by atoms with Crippen molar-refractivity contribution in [2.75, 3.05) is 12.4 Å². The van der Waals surface area contributed by atoms with Crippen molar-refractivity contribution in [2.24, 2.45) is 0 Å². The number of carboxylic acids is 1. The normalized spacial score (nSPS) is 10.7. The van der Waals surface area contributed by atoms with Crippen LogP contribution in [0.5, 0.6) is 0 Å². The number of aromatic carboxylic acids is 1. The number of hydrogen-bond donors (Lipinski definition) is 3. The highest BCUT2D eigenvalue weighted by atomic mass is 16.4. The maximum absolute atomic E-state index is 10.9. The van der Waals surface area contributed by atoms with Gasteiger partial charge in [0.1, 0.15) is 11.5 Å². The van der Waals surface area contributed by atoms with E-state index in [1.54, 1.807) is 12.1 Å². The lowest BCUT2D eigenvalue weighted by molar-refractivity contribution is 0.0697. The minimum Gasteiger partial charge on any atom is -0.478 e. The third-order valence-electron chi connectivity index (χ3n) is 3.23. The van der Waals surface area contributed by atoms with Crippen LogP contribution in [0.4, 0.5) is 5.82 Å². The number of carboxylic acid groups (broad SMARTS) is 1. The fourth-order valence-electron chi connectivity index (χ4n) is 2.20. The maximum atomic E-state index is 10.9. The number of hydrogen-bond acceptors (Lipinski definition) is 3. The number of nitrogens with zero attached hydrogens (tertiary/aromatic N) is 1. The lowest BCUT2D eigenvalue weighted by atomic mass is 10.0. The summed E-state index contributed by atoms with van der Waals surface area (Å²) >= 11 is 0. The molecule has 0 unspecified atom stereocenters. The second-order valence-electron chi connectivity index (χ2n) is 4.43. The molecule has 20 heavy (non-hydrogen) atoms. The van der Waals surface area contributed by atoms with Gasteiger partial charge in [0.05, 0.1) is 5.56 Å². The van der Waals surface area contributed by atoms with Crippen LogP contribution < -0.4 is 5.32 Å². The summed E-state index contributed by atoms with van der Waals surface area (Å²) in [7, 11) is 1.81. The zero-order valence-electron chi connectivity index (χ0n) is 10.8. The van der Waals surface area contributed by atoms with Crippen LogP contribution in [0.3, 0.4) is 0 Å². The van der Waals surface area contributed by atoms with Gasteiger partial charge in [0.25, 0.3) is 0 Å². The molecular weight excluding hydrogens is 254 g/mol. The minimum atomic E-state index is -0.922. The Morgan fingerprint density at radius 3 is 2.65 bits per heavy atom. The molecule has 0 aliphatic heterocycles. The van der Waals surface area contributed by atoms with Gasteiger partial charge in [0.15, 0.2) is 0 Å². The molecule has 5 heteroatoms. The van der Waals surface area contributed by atoms with Gasteiger partial charge in [-0.05, 0) is 35.4 Å². The molecule has 2 aromatic heterocycles. The van der Waals surface area contributed by atoms with Gasteiger partial charge in [-0.15, -0.1) is 0 Å². The van der Waals surface area contributed by atoms with Gasteiger partial charge in [-0.25, -0.2) is 9.78 Å².